The van der Waals surface area contributed by atoms with Gasteiger partial charge in [0.2, 0.25) is 0 Å². The number of hydrogen-bond acceptors (Lipinski definition) is 3. The second kappa shape index (κ2) is 5.83. The molecule has 100 valence electrons. The van der Waals surface area contributed by atoms with Gasteiger partial charge in [0.05, 0.1) is 12.2 Å². The molecule has 0 saturated carbocycles. The Bertz CT molecular complexity index is 384. The van der Waals surface area contributed by atoms with E-state index in [1.807, 2.05) is 0 Å². The number of hydrogen-bond donors (Lipinski definition) is 1. The van der Waals surface area contributed by atoms with Crippen LogP contribution < -0.4 is 5.73 Å². The van der Waals surface area contributed by atoms with Crippen LogP contribution in [0.25, 0.3) is 0 Å². The van der Waals surface area contributed by atoms with Gasteiger partial charge < -0.3 is 10.5 Å². The fraction of sp³-hybridized carbons (Fsp3) is 0.600. The SMILES string of the molecule is Cc1cccc([C@@H](CN)N2C[C@@H](C)O[C@H](C)C2)c1. The first-order valence-corrected chi connectivity index (χ1v) is 6.76. The first-order valence-electron chi connectivity index (χ1n) is 6.76. The fourth-order valence-corrected chi connectivity index (χ4v) is 2.85. The molecule has 1 saturated heterocycles. The lowest BCUT2D eigenvalue weighted by Crippen LogP contribution is -2.48. The first-order chi connectivity index (χ1) is 8.60. The standard InChI is InChI=1S/C15H24N2O/c1-11-5-4-6-14(7-11)15(8-16)17-9-12(2)18-13(3)10-17/h4-7,12-13,15H,8-10,16H2,1-3H3/t12-,13-,15-/m1/s1. The highest BCUT2D eigenvalue weighted by molar-refractivity contribution is 5.25. The lowest BCUT2D eigenvalue weighted by Gasteiger charge is -2.40. The molecule has 1 heterocycles. The van der Waals surface area contributed by atoms with E-state index in [1.165, 1.54) is 11.1 Å². The van der Waals surface area contributed by atoms with Gasteiger partial charge in [0.1, 0.15) is 0 Å². The zero-order valence-electron chi connectivity index (χ0n) is 11.6. The van der Waals surface area contributed by atoms with E-state index in [1.54, 1.807) is 0 Å². The summed E-state index contributed by atoms with van der Waals surface area (Å²) in [6.07, 6.45) is 0.570. The van der Waals surface area contributed by atoms with Gasteiger partial charge in [0.25, 0.3) is 0 Å². The van der Waals surface area contributed by atoms with Crippen molar-refractivity contribution >= 4 is 0 Å². The minimum Gasteiger partial charge on any atom is -0.373 e. The van der Waals surface area contributed by atoms with E-state index >= 15 is 0 Å². The molecule has 0 bridgehead atoms. The molecule has 0 unspecified atom stereocenters. The topological polar surface area (TPSA) is 38.5 Å². The summed E-state index contributed by atoms with van der Waals surface area (Å²) in [5, 5.41) is 0. The van der Waals surface area contributed by atoms with Gasteiger partial charge in [-0.2, -0.15) is 0 Å². The molecule has 1 aliphatic rings. The summed E-state index contributed by atoms with van der Waals surface area (Å²) in [7, 11) is 0. The largest absolute Gasteiger partial charge is 0.373 e. The quantitative estimate of drug-likeness (QED) is 0.890. The van der Waals surface area contributed by atoms with Crippen molar-refractivity contribution in [3.63, 3.8) is 0 Å². The molecule has 1 aromatic carbocycles. The number of nitrogens with zero attached hydrogens (tertiary/aromatic N) is 1. The number of benzene rings is 1. The molecule has 2 N–H and O–H groups in total. The maximum absolute atomic E-state index is 5.99. The Labute approximate surface area is 110 Å². The van der Waals surface area contributed by atoms with Crippen LogP contribution in [0, 0.1) is 6.92 Å². The number of rotatable bonds is 3. The summed E-state index contributed by atoms with van der Waals surface area (Å²) in [5.41, 5.74) is 8.60. The molecule has 0 amide bonds. The predicted molar refractivity (Wildman–Crippen MR) is 74.6 cm³/mol. The average Bonchev–Trinajstić information content (AvgIpc) is 2.28. The first kappa shape index (κ1) is 13.5. The molecule has 3 atom stereocenters. The molecular formula is C15H24N2O. The highest BCUT2D eigenvalue weighted by Crippen LogP contribution is 2.24. The van der Waals surface area contributed by atoms with Crippen molar-refractivity contribution in [1.82, 2.24) is 4.90 Å². The molecule has 18 heavy (non-hydrogen) atoms. The lowest BCUT2D eigenvalue weighted by molar-refractivity contribution is -0.0799. The van der Waals surface area contributed by atoms with Gasteiger partial charge in [0.15, 0.2) is 0 Å². The van der Waals surface area contributed by atoms with Gasteiger partial charge in [-0.1, -0.05) is 29.8 Å². The van der Waals surface area contributed by atoms with Gasteiger partial charge in [0, 0.05) is 25.7 Å². The van der Waals surface area contributed by atoms with Crippen LogP contribution in [-0.4, -0.2) is 36.7 Å². The fourth-order valence-electron chi connectivity index (χ4n) is 2.85. The van der Waals surface area contributed by atoms with E-state index in [2.05, 4.69) is 49.9 Å². The van der Waals surface area contributed by atoms with Crippen LogP contribution in [0.2, 0.25) is 0 Å². The minimum absolute atomic E-state index is 0.285. The Morgan fingerprint density at radius 3 is 2.56 bits per heavy atom. The van der Waals surface area contributed by atoms with Gasteiger partial charge >= 0.3 is 0 Å². The second-order valence-corrected chi connectivity index (χ2v) is 5.38. The zero-order valence-corrected chi connectivity index (χ0v) is 11.6. The zero-order chi connectivity index (χ0) is 13.1. The molecule has 3 heteroatoms. The lowest BCUT2D eigenvalue weighted by atomic mass is 10.0. The number of nitrogens with two attached hydrogens (primary N) is 1. The van der Waals surface area contributed by atoms with Crippen LogP contribution in [-0.2, 0) is 4.74 Å². The van der Waals surface area contributed by atoms with Gasteiger partial charge in [-0.15, -0.1) is 0 Å². The van der Waals surface area contributed by atoms with Crippen LogP contribution in [0.3, 0.4) is 0 Å². The van der Waals surface area contributed by atoms with E-state index in [4.69, 9.17) is 10.5 Å². The van der Waals surface area contributed by atoms with Crippen molar-refractivity contribution in [2.24, 2.45) is 5.73 Å². The average molecular weight is 248 g/mol. The monoisotopic (exact) mass is 248 g/mol. The number of morpholine rings is 1. The van der Waals surface area contributed by atoms with Crippen molar-refractivity contribution < 1.29 is 4.74 Å². The van der Waals surface area contributed by atoms with E-state index in [9.17, 15) is 0 Å². The Kier molecular flexibility index (Phi) is 4.38. The molecule has 1 aliphatic heterocycles. The summed E-state index contributed by atoms with van der Waals surface area (Å²) >= 11 is 0. The number of ether oxygens (including phenoxy) is 1. The van der Waals surface area contributed by atoms with E-state index in [0.717, 1.165) is 13.1 Å². The van der Waals surface area contributed by atoms with Crippen LogP contribution in [0.1, 0.15) is 31.0 Å². The molecular weight excluding hydrogens is 224 g/mol. The van der Waals surface area contributed by atoms with Crippen molar-refractivity contribution in [1.29, 1.82) is 0 Å². The maximum Gasteiger partial charge on any atom is 0.0678 e. The van der Waals surface area contributed by atoms with Crippen LogP contribution >= 0.6 is 0 Å². The van der Waals surface area contributed by atoms with Crippen molar-refractivity contribution in [2.75, 3.05) is 19.6 Å². The van der Waals surface area contributed by atoms with E-state index in [-0.39, 0.29) is 12.2 Å². The summed E-state index contributed by atoms with van der Waals surface area (Å²) in [4.78, 5) is 2.45. The molecule has 2 rings (SSSR count). The summed E-state index contributed by atoms with van der Waals surface area (Å²) < 4.78 is 5.79. The maximum atomic E-state index is 5.99. The molecule has 0 aliphatic carbocycles. The van der Waals surface area contributed by atoms with Gasteiger partial charge in [-0.05, 0) is 26.3 Å². The smallest absolute Gasteiger partial charge is 0.0678 e. The second-order valence-electron chi connectivity index (χ2n) is 5.38. The Morgan fingerprint density at radius 2 is 2.00 bits per heavy atom. The summed E-state index contributed by atoms with van der Waals surface area (Å²) in [6, 6.07) is 8.96. The molecule has 0 radical (unpaired) electrons. The van der Waals surface area contributed by atoms with Crippen molar-refractivity contribution in [2.45, 2.75) is 39.0 Å². The third-order valence-electron chi connectivity index (χ3n) is 3.54. The van der Waals surface area contributed by atoms with Gasteiger partial charge in [-0.25, -0.2) is 0 Å². The Hall–Kier alpha value is -0.900. The molecule has 1 aromatic rings. The molecule has 3 nitrogen and oxygen atoms in total. The van der Waals surface area contributed by atoms with Crippen LogP contribution in [0.5, 0.6) is 0 Å². The predicted octanol–water partition coefficient (Wildman–Crippen LogP) is 2.10. The van der Waals surface area contributed by atoms with E-state index in [0.29, 0.717) is 12.6 Å². The summed E-state index contributed by atoms with van der Waals surface area (Å²) in [6.45, 7) is 8.96. The van der Waals surface area contributed by atoms with E-state index < -0.39 is 0 Å². The highest BCUT2D eigenvalue weighted by Gasteiger charge is 2.28. The van der Waals surface area contributed by atoms with Crippen LogP contribution in [0.15, 0.2) is 24.3 Å². The Morgan fingerprint density at radius 1 is 1.33 bits per heavy atom. The highest BCUT2D eigenvalue weighted by atomic mass is 16.5. The normalized spacial score (nSPS) is 27.1. The van der Waals surface area contributed by atoms with Gasteiger partial charge in [-0.3, -0.25) is 4.90 Å². The molecule has 0 aromatic heterocycles. The minimum atomic E-state index is 0.285. The third-order valence-corrected chi connectivity index (χ3v) is 3.54. The van der Waals surface area contributed by atoms with Crippen LogP contribution in [0.4, 0.5) is 0 Å². The number of aryl methyl sites for hydroxylation is 1. The third kappa shape index (κ3) is 3.10. The van der Waals surface area contributed by atoms with Crippen molar-refractivity contribution in [3.05, 3.63) is 35.4 Å². The Balaban J connectivity index is 2.17. The molecule has 0 spiro atoms. The van der Waals surface area contributed by atoms with Crippen molar-refractivity contribution in [3.8, 4) is 0 Å². The molecule has 1 fully saturated rings. The summed E-state index contributed by atoms with van der Waals surface area (Å²) in [5.74, 6) is 0.